The molecule has 3 heteroatoms. The van der Waals surface area contributed by atoms with Crippen LogP contribution in [-0.2, 0) is 0 Å². The van der Waals surface area contributed by atoms with Gasteiger partial charge in [-0.05, 0) is 30.7 Å². The van der Waals surface area contributed by atoms with Crippen molar-refractivity contribution < 1.29 is 0 Å². The second-order valence-corrected chi connectivity index (χ2v) is 6.89. The molecule has 1 N–H and O–H groups in total. The van der Waals surface area contributed by atoms with Gasteiger partial charge in [-0.15, -0.1) is 0 Å². The minimum Gasteiger partial charge on any atom is -0.310 e. The zero-order valence-corrected chi connectivity index (χ0v) is 13.4. The predicted octanol–water partition coefficient (Wildman–Crippen LogP) is 3.29. The first kappa shape index (κ1) is 15.5. The molecular weight excluding hydrogens is 270 g/mol. The average molecular weight is 297 g/mol. The Balaban J connectivity index is 1.65. The van der Waals surface area contributed by atoms with Crippen LogP contribution < -0.4 is 5.32 Å². The van der Waals surface area contributed by atoms with Crippen LogP contribution in [0.25, 0.3) is 0 Å². The fourth-order valence-corrected chi connectivity index (χ4v) is 4.11. The van der Waals surface area contributed by atoms with Crippen molar-refractivity contribution in [2.24, 2.45) is 0 Å². The summed E-state index contributed by atoms with van der Waals surface area (Å²) >= 11 is 0. The van der Waals surface area contributed by atoms with Crippen molar-refractivity contribution in [1.29, 1.82) is 5.26 Å². The maximum absolute atomic E-state index is 9.07. The van der Waals surface area contributed by atoms with Gasteiger partial charge in [-0.3, -0.25) is 4.90 Å². The zero-order valence-electron chi connectivity index (χ0n) is 13.4. The molecule has 1 heterocycles. The van der Waals surface area contributed by atoms with Crippen LogP contribution in [0.5, 0.6) is 0 Å². The van der Waals surface area contributed by atoms with Crippen molar-refractivity contribution in [3.63, 3.8) is 0 Å². The lowest BCUT2D eigenvalue weighted by Gasteiger charge is -2.39. The van der Waals surface area contributed by atoms with Crippen molar-refractivity contribution in [3.8, 4) is 6.07 Å². The van der Waals surface area contributed by atoms with Gasteiger partial charge >= 0.3 is 0 Å². The minimum absolute atomic E-state index is 0.524. The molecule has 1 aliphatic heterocycles. The molecule has 0 aromatic heterocycles. The predicted molar refractivity (Wildman–Crippen MR) is 89.6 cm³/mol. The highest BCUT2D eigenvalue weighted by Gasteiger charge is 2.29. The number of nitrogens with zero attached hydrogens (tertiary/aromatic N) is 2. The summed E-state index contributed by atoms with van der Waals surface area (Å²) in [5.74, 6) is 0.546. The molecule has 2 aliphatic rings. The first-order valence-corrected chi connectivity index (χ1v) is 8.75. The van der Waals surface area contributed by atoms with Gasteiger partial charge in [-0.1, -0.05) is 49.6 Å². The molecule has 2 atom stereocenters. The first-order valence-electron chi connectivity index (χ1n) is 8.75. The number of rotatable bonds is 4. The molecule has 1 aromatic carbocycles. The highest BCUT2D eigenvalue weighted by Crippen LogP contribution is 2.28. The van der Waals surface area contributed by atoms with E-state index in [2.05, 4.69) is 46.6 Å². The highest BCUT2D eigenvalue weighted by atomic mass is 15.2. The number of likely N-dealkylation sites (tertiary alicyclic amines) is 1. The van der Waals surface area contributed by atoms with E-state index in [4.69, 9.17) is 5.26 Å². The third-order valence-corrected chi connectivity index (χ3v) is 5.17. The first-order chi connectivity index (χ1) is 10.8. The van der Waals surface area contributed by atoms with Crippen molar-refractivity contribution >= 4 is 0 Å². The van der Waals surface area contributed by atoms with Gasteiger partial charge in [0.2, 0.25) is 0 Å². The average Bonchev–Trinajstić information content (AvgIpc) is 2.57. The summed E-state index contributed by atoms with van der Waals surface area (Å²) in [6, 6.07) is 14.4. The number of nitriles is 1. The molecule has 0 amide bonds. The van der Waals surface area contributed by atoms with Crippen molar-refractivity contribution in [1.82, 2.24) is 10.2 Å². The third kappa shape index (κ3) is 4.09. The van der Waals surface area contributed by atoms with Crippen LogP contribution in [0.2, 0.25) is 0 Å². The zero-order chi connectivity index (χ0) is 15.2. The fourth-order valence-electron chi connectivity index (χ4n) is 4.11. The number of benzene rings is 1. The van der Waals surface area contributed by atoms with E-state index in [0.29, 0.717) is 24.5 Å². The van der Waals surface area contributed by atoms with Crippen LogP contribution >= 0.6 is 0 Å². The minimum atomic E-state index is 0.524. The van der Waals surface area contributed by atoms with Gasteiger partial charge in [-0.2, -0.15) is 5.26 Å². The Labute approximate surface area is 134 Å². The Morgan fingerprint density at radius 3 is 2.55 bits per heavy atom. The molecule has 1 aliphatic carbocycles. The van der Waals surface area contributed by atoms with E-state index in [1.807, 2.05) is 0 Å². The molecule has 0 bridgehead atoms. The monoisotopic (exact) mass is 297 g/mol. The smallest absolute Gasteiger partial charge is 0.0866 e. The summed E-state index contributed by atoms with van der Waals surface area (Å²) in [4.78, 5) is 2.32. The quantitative estimate of drug-likeness (QED) is 0.867. The van der Waals surface area contributed by atoms with E-state index in [-0.39, 0.29) is 0 Å². The third-order valence-electron chi connectivity index (χ3n) is 5.17. The van der Waals surface area contributed by atoms with Crippen LogP contribution in [-0.4, -0.2) is 36.6 Å². The fraction of sp³-hybridized carbons (Fsp3) is 0.632. The van der Waals surface area contributed by atoms with Gasteiger partial charge in [0.1, 0.15) is 0 Å². The Morgan fingerprint density at radius 1 is 1.05 bits per heavy atom. The highest BCUT2D eigenvalue weighted by molar-refractivity contribution is 5.21. The molecule has 1 aromatic rings. The summed E-state index contributed by atoms with van der Waals surface area (Å²) in [6.45, 7) is 2.58. The van der Waals surface area contributed by atoms with E-state index in [9.17, 15) is 0 Å². The Kier molecular flexibility index (Phi) is 5.48. The van der Waals surface area contributed by atoms with E-state index in [1.54, 1.807) is 0 Å². The van der Waals surface area contributed by atoms with Crippen molar-refractivity contribution in [2.45, 2.75) is 56.5 Å². The normalized spacial score (nSPS) is 27.4. The Hall–Kier alpha value is -1.37. The standard InChI is InChI=1S/C19H27N3/c20-11-12-22-14-17(16-7-3-1-4-8-16)13-19(15-22)21-18-9-5-2-6-10-18/h1,3-4,7-8,17-19,21H,2,5-6,9-10,12-15H2. The van der Waals surface area contributed by atoms with Gasteiger partial charge in [0.05, 0.1) is 12.6 Å². The lowest BCUT2D eigenvalue weighted by atomic mass is 9.86. The van der Waals surface area contributed by atoms with Crippen LogP contribution in [0, 0.1) is 11.3 Å². The van der Waals surface area contributed by atoms with Crippen molar-refractivity contribution in [2.75, 3.05) is 19.6 Å². The molecule has 0 radical (unpaired) electrons. The molecule has 118 valence electrons. The number of piperidine rings is 1. The second-order valence-electron chi connectivity index (χ2n) is 6.89. The maximum Gasteiger partial charge on any atom is 0.0866 e. The van der Waals surface area contributed by atoms with Crippen LogP contribution in [0.15, 0.2) is 30.3 Å². The van der Waals surface area contributed by atoms with Crippen LogP contribution in [0.4, 0.5) is 0 Å². The molecule has 2 fully saturated rings. The van der Waals surface area contributed by atoms with Gasteiger partial charge in [0.15, 0.2) is 0 Å². The van der Waals surface area contributed by atoms with Crippen LogP contribution in [0.3, 0.4) is 0 Å². The molecule has 1 saturated carbocycles. The molecule has 1 saturated heterocycles. The van der Waals surface area contributed by atoms with Crippen LogP contribution in [0.1, 0.15) is 50.0 Å². The van der Waals surface area contributed by atoms with E-state index >= 15 is 0 Å². The largest absolute Gasteiger partial charge is 0.310 e. The SMILES string of the molecule is N#CCN1CC(NC2CCCCC2)CC(c2ccccc2)C1. The van der Waals surface area contributed by atoms with Crippen molar-refractivity contribution in [3.05, 3.63) is 35.9 Å². The topological polar surface area (TPSA) is 39.1 Å². The molecule has 3 nitrogen and oxygen atoms in total. The molecular formula is C19H27N3. The second kappa shape index (κ2) is 7.76. The summed E-state index contributed by atoms with van der Waals surface area (Å²) in [5, 5.41) is 13.0. The molecule has 2 unspecified atom stereocenters. The Bertz CT molecular complexity index is 487. The molecule has 22 heavy (non-hydrogen) atoms. The molecule has 0 spiro atoms. The Morgan fingerprint density at radius 2 is 1.82 bits per heavy atom. The number of nitrogens with one attached hydrogen (secondary N) is 1. The van der Waals surface area contributed by atoms with Gasteiger partial charge < -0.3 is 5.32 Å². The number of hydrogen-bond acceptors (Lipinski definition) is 3. The summed E-state index contributed by atoms with van der Waals surface area (Å²) in [6.07, 6.45) is 7.98. The van der Waals surface area contributed by atoms with E-state index < -0.39 is 0 Å². The van der Waals surface area contributed by atoms with Gasteiger partial charge in [0.25, 0.3) is 0 Å². The van der Waals surface area contributed by atoms with Gasteiger partial charge in [0, 0.05) is 25.2 Å². The summed E-state index contributed by atoms with van der Waals surface area (Å²) in [7, 11) is 0. The lowest BCUT2D eigenvalue weighted by molar-refractivity contribution is 0.173. The lowest BCUT2D eigenvalue weighted by Crippen LogP contribution is -2.51. The summed E-state index contributed by atoms with van der Waals surface area (Å²) in [5.41, 5.74) is 1.42. The number of hydrogen-bond donors (Lipinski definition) is 1. The van der Waals surface area contributed by atoms with E-state index in [1.165, 1.54) is 44.1 Å². The maximum atomic E-state index is 9.07. The summed E-state index contributed by atoms with van der Waals surface area (Å²) < 4.78 is 0. The molecule has 3 rings (SSSR count). The van der Waals surface area contributed by atoms with Gasteiger partial charge in [-0.25, -0.2) is 0 Å². The van der Waals surface area contributed by atoms with E-state index in [0.717, 1.165) is 13.1 Å².